The van der Waals surface area contributed by atoms with Crippen LogP contribution >= 0.6 is 12.4 Å². The molecule has 1 amide bonds. The van der Waals surface area contributed by atoms with E-state index in [9.17, 15) is 14.9 Å². The fourth-order valence-electron chi connectivity index (χ4n) is 2.27. The summed E-state index contributed by atoms with van der Waals surface area (Å²) >= 11 is 0. The Morgan fingerprint density at radius 1 is 1.45 bits per heavy atom. The first-order valence-electron chi connectivity index (χ1n) is 6.41. The summed E-state index contributed by atoms with van der Waals surface area (Å²) in [4.78, 5) is 22.2. The van der Waals surface area contributed by atoms with Gasteiger partial charge < -0.3 is 10.6 Å². The molecule has 1 saturated heterocycles. The van der Waals surface area contributed by atoms with Crippen LogP contribution in [-0.4, -0.2) is 30.5 Å². The van der Waals surface area contributed by atoms with Gasteiger partial charge in [-0.1, -0.05) is 12.1 Å². The Hall–Kier alpha value is -1.66. The summed E-state index contributed by atoms with van der Waals surface area (Å²) in [6.45, 7) is 2.57. The summed E-state index contributed by atoms with van der Waals surface area (Å²) in [7, 11) is 0. The van der Waals surface area contributed by atoms with E-state index in [0.29, 0.717) is 12.5 Å². The van der Waals surface area contributed by atoms with Gasteiger partial charge in [0.15, 0.2) is 0 Å². The molecule has 1 aliphatic rings. The first-order valence-corrected chi connectivity index (χ1v) is 6.41. The minimum Gasteiger partial charge on any atom is -0.352 e. The number of carbonyl (C=O) groups excluding carboxylic acids is 1. The summed E-state index contributed by atoms with van der Waals surface area (Å²) in [6.07, 6.45) is 2.03. The standard InChI is InChI=1S/C13H17N3O3.ClH/c17-13(15-8-6-10-5-7-14-9-10)11-3-1-2-4-12(11)16(18)19;/h1-4,10,14H,5-9H2,(H,15,17);1H. The van der Waals surface area contributed by atoms with Crippen LogP contribution in [0.25, 0.3) is 0 Å². The van der Waals surface area contributed by atoms with Crippen molar-refractivity contribution in [1.82, 2.24) is 10.6 Å². The summed E-state index contributed by atoms with van der Waals surface area (Å²) in [5, 5.41) is 16.8. The molecule has 1 unspecified atom stereocenters. The van der Waals surface area contributed by atoms with Crippen molar-refractivity contribution in [2.24, 2.45) is 5.92 Å². The fraction of sp³-hybridized carbons (Fsp3) is 0.462. The summed E-state index contributed by atoms with van der Waals surface area (Å²) < 4.78 is 0. The third kappa shape index (κ3) is 4.18. The highest BCUT2D eigenvalue weighted by Gasteiger charge is 2.19. The number of benzene rings is 1. The van der Waals surface area contributed by atoms with E-state index in [0.717, 1.165) is 25.9 Å². The number of nitrogens with zero attached hydrogens (tertiary/aromatic N) is 1. The molecule has 2 N–H and O–H groups in total. The van der Waals surface area contributed by atoms with Crippen molar-refractivity contribution in [2.45, 2.75) is 12.8 Å². The molecule has 1 aromatic carbocycles. The second kappa shape index (κ2) is 7.81. The van der Waals surface area contributed by atoms with Crippen LogP contribution in [0.4, 0.5) is 5.69 Å². The molecule has 0 saturated carbocycles. The monoisotopic (exact) mass is 299 g/mol. The van der Waals surface area contributed by atoms with Crippen LogP contribution in [0.3, 0.4) is 0 Å². The lowest BCUT2D eigenvalue weighted by molar-refractivity contribution is -0.385. The number of amides is 1. The van der Waals surface area contributed by atoms with Crippen molar-refractivity contribution in [3.05, 3.63) is 39.9 Å². The number of nitrogens with one attached hydrogen (secondary N) is 2. The Kier molecular flexibility index (Phi) is 6.41. The number of carbonyl (C=O) groups is 1. The van der Waals surface area contributed by atoms with E-state index >= 15 is 0 Å². The van der Waals surface area contributed by atoms with Crippen LogP contribution in [0.5, 0.6) is 0 Å². The van der Waals surface area contributed by atoms with Gasteiger partial charge >= 0.3 is 0 Å². The van der Waals surface area contributed by atoms with E-state index in [1.54, 1.807) is 12.1 Å². The Morgan fingerprint density at radius 2 is 2.20 bits per heavy atom. The van der Waals surface area contributed by atoms with Crippen molar-refractivity contribution in [3.8, 4) is 0 Å². The van der Waals surface area contributed by atoms with Crippen molar-refractivity contribution in [3.63, 3.8) is 0 Å². The molecule has 6 nitrogen and oxygen atoms in total. The molecule has 1 atom stereocenters. The maximum atomic E-state index is 11.9. The zero-order valence-electron chi connectivity index (χ0n) is 11.0. The molecule has 0 radical (unpaired) electrons. The number of rotatable bonds is 5. The number of nitro groups is 1. The zero-order valence-corrected chi connectivity index (χ0v) is 11.8. The summed E-state index contributed by atoms with van der Waals surface area (Å²) in [6, 6.07) is 6.00. The second-order valence-electron chi connectivity index (χ2n) is 4.68. The Labute approximate surface area is 123 Å². The molecule has 20 heavy (non-hydrogen) atoms. The van der Waals surface area contributed by atoms with Gasteiger partial charge in [0.25, 0.3) is 11.6 Å². The highest BCUT2D eigenvalue weighted by Crippen LogP contribution is 2.17. The predicted octanol–water partition coefficient (Wildman–Crippen LogP) is 1.75. The van der Waals surface area contributed by atoms with Gasteiger partial charge in [-0.15, -0.1) is 12.4 Å². The molecule has 1 aliphatic heterocycles. The Bertz CT molecular complexity index is 476. The van der Waals surface area contributed by atoms with E-state index in [2.05, 4.69) is 10.6 Å². The molecular weight excluding hydrogens is 282 g/mol. The molecule has 1 aromatic rings. The lowest BCUT2D eigenvalue weighted by Crippen LogP contribution is -2.27. The van der Waals surface area contributed by atoms with Crippen molar-refractivity contribution >= 4 is 24.0 Å². The van der Waals surface area contributed by atoms with Crippen LogP contribution in [0.15, 0.2) is 24.3 Å². The van der Waals surface area contributed by atoms with Gasteiger partial charge in [-0.05, 0) is 37.9 Å². The lowest BCUT2D eigenvalue weighted by Gasteiger charge is -2.09. The summed E-state index contributed by atoms with van der Waals surface area (Å²) in [5.41, 5.74) is -0.0282. The molecule has 0 spiro atoms. The highest BCUT2D eigenvalue weighted by atomic mass is 35.5. The van der Waals surface area contributed by atoms with E-state index in [1.807, 2.05) is 0 Å². The maximum Gasteiger partial charge on any atom is 0.282 e. The normalized spacial score (nSPS) is 17.3. The van der Waals surface area contributed by atoms with Gasteiger partial charge in [0.2, 0.25) is 0 Å². The molecule has 0 aromatic heterocycles. The molecule has 1 heterocycles. The van der Waals surface area contributed by atoms with Crippen molar-refractivity contribution in [2.75, 3.05) is 19.6 Å². The van der Waals surface area contributed by atoms with Gasteiger partial charge in [-0.3, -0.25) is 14.9 Å². The largest absolute Gasteiger partial charge is 0.352 e. The van der Waals surface area contributed by atoms with Gasteiger partial charge in [-0.25, -0.2) is 0 Å². The summed E-state index contributed by atoms with van der Waals surface area (Å²) in [5.74, 6) is 0.212. The molecule has 110 valence electrons. The highest BCUT2D eigenvalue weighted by molar-refractivity contribution is 5.98. The topological polar surface area (TPSA) is 84.3 Å². The lowest BCUT2D eigenvalue weighted by atomic mass is 10.1. The average Bonchev–Trinajstić information content (AvgIpc) is 2.91. The minimum atomic E-state index is -0.532. The molecule has 1 fully saturated rings. The van der Waals surface area contributed by atoms with Gasteiger partial charge in [-0.2, -0.15) is 0 Å². The average molecular weight is 300 g/mol. The van der Waals surface area contributed by atoms with Gasteiger partial charge in [0, 0.05) is 12.6 Å². The van der Waals surface area contributed by atoms with Crippen molar-refractivity contribution in [1.29, 1.82) is 0 Å². The van der Waals surface area contributed by atoms with Gasteiger partial charge in [0.1, 0.15) is 5.56 Å². The van der Waals surface area contributed by atoms with Crippen LogP contribution in [0, 0.1) is 16.0 Å². The predicted molar refractivity (Wildman–Crippen MR) is 78.3 cm³/mol. The SMILES string of the molecule is Cl.O=C(NCCC1CCNC1)c1ccccc1[N+](=O)[O-]. The van der Waals surface area contributed by atoms with Crippen LogP contribution in [0.1, 0.15) is 23.2 Å². The third-order valence-electron chi connectivity index (χ3n) is 3.35. The first-order chi connectivity index (χ1) is 9.18. The van der Waals surface area contributed by atoms with E-state index in [4.69, 9.17) is 0 Å². The third-order valence-corrected chi connectivity index (χ3v) is 3.35. The molecule has 7 heteroatoms. The van der Waals surface area contributed by atoms with Crippen LogP contribution < -0.4 is 10.6 Å². The molecule has 2 rings (SSSR count). The zero-order chi connectivity index (χ0) is 13.7. The van der Waals surface area contributed by atoms with Crippen LogP contribution in [0.2, 0.25) is 0 Å². The minimum absolute atomic E-state index is 0. The number of hydrogen-bond acceptors (Lipinski definition) is 4. The number of hydrogen-bond donors (Lipinski definition) is 2. The number of para-hydroxylation sites is 1. The first kappa shape index (κ1) is 16.4. The molecular formula is C13H18ClN3O3. The maximum absolute atomic E-state index is 11.9. The van der Waals surface area contributed by atoms with E-state index in [1.165, 1.54) is 12.1 Å². The molecule has 0 bridgehead atoms. The smallest absolute Gasteiger partial charge is 0.282 e. The Balaban J connectivity index is 0.00000200. The fourth-order valence-corrected chi connectivity index (χ4v) is 2.27. The quantitative estimate of drug-likeness (QED) is 0.641. The number of halogens is 1. The molecule has 0 aliphatic carbocycles. The van der Waals surface area contributed by atoms with Gasteiger partial charge in [0.05, 0.1) is 4.92 Å². The second-order valence-corrected chi connectivity index (χ2v) is 4.68. The van der Waals surface area contributed by atoms with Crippen LogP contribution in [-0.2, 0) is 0 Å². The van der Waals surface area contributed by atoms with E-state index in [-0.39, 0.29) is 29.6 Å². The number of nitro benzene ring substituents is 1. The van der Waals surface area contributed by atoms with Crippen molar-refractivity contribution < 1.29 is 9.72 Å². The van der Waals surface area contributed by atoms with E-state index < -0.39 is 4.92 Å². The Morgan fingerprint density at radius 3 is 2.85 bits per heavy atom.